The van der Waals surface area contributed by atoms with E-state index in [0.717, 1.165) is 43.2 Å². The quantitative estimate of drug-likeness (QED) is 0.848. The zero-order chi connectivity index (χ0) is 19.9. The van der Waals surface area contributed by atoms with Crippen LogP contribution >= 0.6 is 0 Å². The molecule has 1 aromatic carbocycles. The van der Waals surface area contributed by atoms with Crippen LogP contribution in [0.3, 0.4) is 0 Å². The Morgan fingerprint density at radius 2 is 2.11 bits per heavy atom. The molecule has 2 heterocycles. The second-order valence-corrected chi connectivity index (χ2v) is 7.58. The highest BCUT2D eigenvalue weighted by molar-refractivity contribution is 5.93. The molecule has 2 aromatic rings. The number of hydrogen-bond acceptors (Lipinski definition) is 4. The van der Waals surface area contributed by atoms with Crippen molar-refractivity contribution >= 4 is 5.91 Å². The Labute approximate surface area is 160 Å². The molecule has 1 fully saturated rings. The summed E-state index contributed by atoms with van der Waals surface area (Å²) in [5, 5.41) is 9.73. The van der Waals surface area contributed by atoms with Crippen molar-refractivity contribution in [3.63, 3.8) is 0 Å². The lowest BCUT2D eigenvalue weighted by molar-refractivity contribution is -0.123. The first-order valence-electron chi connectivity index (χ1n) is 9.42. The van der Waals surface area contributed by atoms with Crippen LogP contribution in [0.15, 0.2) is 18.2 Å². The third-order valence-electron chi connectivity index (χ3n) is 5.32. The Morgan fingerprint density at radius 3 is 2.82 bits per heavy atom. The van der Waals surface area contributed by atoms with Gasteiger partial charge >= 0.3 is 6.18 Å². The molecule has 6 nitrogen and oxygen atoms in total. The van der Waals surface area contributed by atoms with Crippen LogP contribution < -0.4 is 5.32 Å². The number of carbonyl (C=O) groups is 1. The number of halogens is 3. The topological polar surface area (TPSA) is 63.1 Å². The van der Waals surface area contributed by atoms with E-state index >= 15 is 0 Å². The molecule has 0 radical (unpaired) electrons. The van der Waals surface area contributed by atoms with E-state index in [-0.39, 0.29) is 5.69 Å². The van der Waals surface area contributed by atoms with Crippen LogP contribution in [0.5, 0.6) is 0 Å². The summed E-state index contributed by atoms with van der Waals surface area (Å²) in [5.74, 6) is -0.0402. The van der Waals surface area contributed by atoms with Crippen molar-refractivity contribution in [3.05, 3.63) is 40.7 Å². The number of nitrogens with one attached hydrogen (secondary N) is 1. The van der Waals surface area contributed by atoms with Crippen LogP contribution in [0.4, 0.5) is 13.2 Å². The van der Waals surface area contributed by atoms with E-state index in [9.17, 15) is 18.0 Å². The van der Waals surface area contributed by atoms with Crippen molar-refractivity contribution in [1.29, 1.82) is 0 Å². The Hall–Kier alpha value is -2.42. The minimum absolute atomic E-state index is 0.0898. The van der Waals surface area contributed by atoms with Gasteiger partial charge in [-0.3, -0.25) is 9.69 Å². The van der Waals surface area contributed by atoms with Gasteiger partial charge in [0.2, 0.25) is 0 Å². The van der Waals surface area contributed by atoms with E-state index in [2.05, 4.69) is 21.3 Å². The molecule has 0 bridgehead atoms. The van der Waals surface area contributed by atoms with Gasteiger partial charge in [-0.2, -0.15) is 13.2 Å². The van der Waals surface area contributed by atoms with E-state index in [0.29, 0.717) is 5.69 Å². The lowest BCUT2D eigenvalue weighted by atomic mass is 9.97. The monoisotopic (exact) mass is 393 g/mol. The zero-order valence-corrected chi connectivity index (χ0v) is 15.6. The summed E-state index contributed by atoms with van der Waals surface area (Å²) in [5.41, 5.74) is 3.55. The first-order chi connectivity index (χ1) is 13.3. The number of alkyl halides is 3. The molecule has 0 saturated heterocycles. The van der Waals surface area contributed by atoms with Crippen molar-refractivity contribution in [2.75, 3.05) is 19.6 Å². The highest BCUT2D eigenvalue weighted by Gasteiger charge is 2.30. The van der Waals surface area contributed by atoms with E-state index in [1.807, 2.05) is 17.4 Å². The summed E-state index contributed by atoms with van der Waals surface area (Å²) in [4.78, 5) is 14.5. The van der Waals surface area contributed by atoms with Crippen LogP contribution in [0.25, 0.3) is 5.69 Å². The highest BCUT2D eigenvalue weighted by atomic mass is 19.4. The molecule has 150 valence electrons. The normalized spacial score (nSPS) is 17.4. The number of rotatable bonds is 5. The van der Waals surface area contributed by atoms with Gasteiger partial charge in [-0.25, -0.2) is 4.68 Å². The fraction of sp³-hybridized carbons (Fsp3) is 0.526. The molecule has 4 rings (SSSR count). The van der Waals surface area contributed by atoms with Gasteiger partial charge in [0.15, 0.2) is 5.69 Å². The first kappa shape index (κ1) is 18.9. The van der Waals surface area contributed by atoms with Crippen molar-refractivity contribution in [1.82, 2.24) is 25.2 Å². The number of amides is 1. The minimum atomic E-state index is -4.47. The molecule has 0 atom stereocenters. The maximum atomic E-state index is 12.3. The minimum Gasteiger partial charge on any atom is -0.341 e. The predicted molar refractivity (Wildman–Crippen MR) is 96.2 cm³/mol. The summed E-state index contributed by atoms with van der Waals surface area (Å²) in [6.45, 7) is 3.23. The summed E-state index contributed by atoms with van der Waals surface area (Å²) in [7, 11) is 0. The number of aromatic nitrogens is 3. The van der Waals surface area contributed by atoms with E-state index in [1.165, 1.54) is 18.4 Å². The molecule has 0 spiro atoms. The summed E-state index contributed by atoms with van der Waals surface area (Å²) >= 11 is 0. The van der Waals surface area contributed by atoms with Crippen LogP contribution in [0.2, 0.25) is 0 Å². The van der Waals surface area contributed by atoms with Gasteiger partial charge in [-0.1, -0.05) is 17.3 Å². The highest BCUT2D eigenvalue weighted by Crippen LogP contribution is 2.32. The number of nitrogens with zero attached hydrogens (tertiary/aromatic N) is 4. The second kappa shape index (κ2) is 7.20. The van der Waals surface area contributed by atoms with Crippen molar-refractivity contribution < 1.29 is 18.0 Å². The Kier molecular flexibility index (Phi) is 4.86. The zero-order valence-electron chi connectivity index (χ0n) is 15.6. The number of hydrogen-bond donors (Lipinski definition) is 1. The lowest BCUT2D eigenvalue weighted by Gasteiger charge is -2.30. The van der Waals surface area contributed by atoms with Crippen molar-refractivity contribution in [2.45, 2.75) is 38.9 Å². The summed E-state index contributed by atoms with van der Waals surface area (Å²) in [6.07, 6.45) is -0.959. The largest absolute Gasteiger partial charge is 0.405 e. The van der Waals surface area contributed by atoms with E-state index in [4.69, 9.17) is 0 Å². The Balaban J connectivity index is 1.55. The van der Waals surface area contributed by atoms with Gasteiger partial charge in [-0.15, -0.1) is 5.10 Å². The molecule has 1 aliphatic heterocycles. The molecule has 1 saturated carbocycles. The molecule has 1 aliphatic carbocycles. The van der Waals surface area contributed by atoms with Crippen LogP contribution in [-0.4, -0.2) is 51.6 Å². The molecule has 2 aliphatic rings. The Morgan fingerprint density at radius 1 is 1.32 bits per heavy atom. The molecular formula is C19H22F3N5O. The molecule has 0 unspecified atom stereocenters. The van der Waals surface area contributed by atoms with Crippen LogP contribution in [0.1, 0.15) is 40.2 Å². The summed E-state index contributed by atoms with van der Waals surface area (Å²) < 4.78 is 38.6. The Bertz CT molecular complexity index is 888. The molecular weight excluding hydrogens is 371 g/mol. The smallest absolute Gasteiger partial charge is 0.341 e. The van der Waals surface area contributed by atoms with Gasteiger partial charge in [0.1, 0.15) is 6.54 Å². The first-order valence-corrected chi connectivity index (χ1v) is 9.42. The third-order valence-corrected chi connectivity index (χ3v) is 5.32. The number of fused-ring (bicyclic) bond motifs is 1. The SMILES string of the molecule is Cc1c(C(=O)NCC(F)(F)F)nnn1-c1cccc2c1CCN(CC1CC1)C2. The molecule has 1 N–H and O–H groups in total. The maximum absolute atomic E-state index is 12.3. The van der Waals surface area contributed by atoms with E-state index in [1.54, 1.807) is 11.6 Å². The molecule has 9 heteroatoms. The average Bonchev–Trinajstić information content (AvgIpc) is 3.38. The van der Waals surface area contributed by atoms with Gasteiger partial charge in [0.05, 0.1) is 11.4 Å². The van der Waals surface area contributed by atoms with E-state index < -0.39 is 18.6 Å². The maximum Gasteiger partial charge on any atom is 0.405 e. The molecule has 1 aromatic heterocycles. The van der Waals surface area contributed by atoms with Gasteiger partial charge in [-0.05, 0) is 49.3 Å². The summed E-state index contributed by atoms with van der Waals surface area (Å²) in [6, 6.07) is 5.95. The fourth-order valence-corrected chi connectivity index (χ4v) is 3.70. The van der Waals surface area contributed by atoms with Crippen LogP contribution in [0, 0.1) is 12.8 Å². The third kappa shape index (κ3) is 4.04. The molecule has 1 amide bonds. The predicted octanol–water partition coefficient (Wildman–Crippen LogP) is 2.64. The van der Waals surface area contributed by atoms with Gasteiger partial charge in [0.25, 0.3) is 5.91 Å². The van der Waals surface area contributed by atoms with Gasteiger partial charge < -0.3 is 5.32 Å². The lowest BCUT2D eigenvalue weighted by Crippen LogP contribution is -2.34. The second-order valence-electron chi connectivity index (χ2n) is 7.58. The fourth-order valence-electron chi connectivity index (χ4n) is 3.70. The number of carbonyl (C=O) groups excluding carboxylic acids is 1. The average molecular weight is 393 g/mol. The molecule has 28 heavy (non-hydrogen) atoms. The standard InChI is InChI=1S/C19H22F3N5O/c1-12-17(18(28)23-11-19(20,21)22)24-25-27(12)16-4-2-3-14-10-26(8-7-15(14)16)9-13-5-6-13/h2-4,13H,5-11H2,1H3,(H,23,28). The van der Waals surface area contributed by atoms with Crippen LogP contribution in [-0.2, 0) is 13.0 Å². The van der Waals surface area contributed by atoms with Crippen molar-refractivity contribution in [3.8, 4) is 5.69 Å². The number of benzene rings is 1. The van der Waals surface area contributed by atoms with Crippen molar-refractivity contribution in [2.24, 2.45) is 5.92 Å². The van der Waals surface area contributed by atoms with Gasteiger partial charge in [0, 0.05) is 19.6 Å².